The number of esters is 2. The third kappa shape index (κ3) is 4.78. The van der Waals surface area contributed by atoms with Crippen molar-refractivity contribution < 1.29 is 19.1 Å². The number of rotatable bonds is 7. The second-order valence-corrected chi connectivity index (χ2v) is 8.78. The van der Waals surface area contributed by atoms with Gasteiger partial charge in [-0.15, -0.1) is 0 Å². The smallest absolute Gasteiger partial charge is 0.337 e. The summed E-state index contributed by atoms with van der Waals surface area (Å²) >= 11 is 1.41. The number of ether oxygens (including phenoxy) is 2. The van der Waals surface area contributed by atoms with Crippen LogP contribution in [0.1, 0.15) is 52.2 Å². The summed E-state index contributed by atoms with van der Waals surface area (Å²) in [4.78, 5) is 46.9. The molecule has 0 aliphatic heterocycles. The first-order valence-electron chi connectivity index (χ1n) is 10.9. The minimum Gasteiger partial charge on any atom is -0.465 e. The van der Waals surface area contributed by atoms with Crippen LogP contribution in [0, 0.1) is 0 Å². The minimum atomic E-state index is -0.614. The van der Waals surface area contributed by atoms with Crippen molar-refractivity contribution in [3.63, 3.8) is 0 Å². The third-order valence-corrected chi connectivity index (χ3v) is 6.38. The summed E-state index contributed by atoms with van der Waals surface area (Å²) in [7, 11) is 2.51. The van der Waals surface area contributed by atoms with E-state index in [4.69, 9.17) is 9.47 Å². The highest BCUT2D eigenvalue weighted by Crippen LogP contribution is 2.25. The first kappa shape index (κ1) is 24.1. The molecule has 10 heteroatoms. The van der Waals surface area contributed by atoms with Crippen molar-refractivity contribution in [3.8, 4) is 5.13 Å². The summed E-state index contributed by atoms with van der Waals surface area (Å²) < 4.78 is 12.0. The van der Waals surface area contributed by atoms with Crippen molar-refractivity contribution in [2.24, 2.45) is 4.99 Å². The molecule has 0 radical (unpaired) electrons. The normalized spacial score (nSPS) is 11.6. The lowest BCUT2D eigenvalue weighted by Gasteiger charge is -2.06. The SMILES string of the molecule is CCCc1[nH]n(-c2nc3ccccc3s2)c(=O)c1C(C)=Nc1cc(C(=O)OC)cc(C(=O)OC)c1. The molecule has 1 N–H and O–H groups in total. The zero-order valence-corrected chi connectivity index (χ0v) is 20.6. The molecule has 0 saturated carbocycles. The van der Waals surface area contributed by atoms with Crippen molar-refractivity contribution in [2.45, 2.75) is 26.7 Å². The van der Waals surface area contributed by atoms with Crippen LogP contribution in [-0.4, -0.2) is 46.6 Å². The zero-order valence-electron chi connectivity index (χ0n) is 19.7. The first-order chi connectivity index (χ1) is 16.9. The number of methoxy groups -OCH3 is 2. The maximum absolute atomic E-state index is 13.5. The topological polar surface area (TPSA) is 116 Å². The average Bonchev–Trinajstić information content (AvgIpc) is 3.43. The summed E-state index contributed by atoms with van der Waals surface area (Å²) in [6, 6.07) is 12.1. The molecule has 180 valence electrons. The summed E-state index contributed by atoms with van der Waals surface area (Å²) in [5.41, 5.74) is 2.75. The number of benzene rings is 2. The molecule has 2 aromatic heterocycles. The highest BCUT2D eigenvalue weighted by Gasteiger charge is 2.20. The number of aromatic nitrogens is 3. The van der Waals surface area contributed by atoms with E-state index in [9.17, 15) is 14.4 Å². The van der Waals surface area contributed by atoms with Crippen LogP contribution in [-0.2, 0) is 15.9 Å². The van der Waals surface area contributed by atoms with Gasteiger partial charge in [-0.3, -0.25) is 14.9 Å². The average molecular weight is 493 g/mol. The largest absolute Gasteiger partial charge is 0.465 e. The number of nitrogens with zero attached hydrogens (tertiary/aromatic N) is 3. The Kier molecular flexibility index (Phi) is 6.92. The number of carbonyl (C=O) groups is 2. The predicted octanol–water partition coefficient (Wildman–Crippen LogP) is 4.44. The predicted molar refractivity (Wildman–Crippen MR) is 135 cm³/mol. The van der Waals surface area contributed by atoms with Crippen LogP contribution < -0.4 is 5.56 Å². The number of carbonyl (C=O) groups excluding carboxylic acids is 2. The molecule has 9 nitrogen and oxygen atoms in total. The molecule has 35 heavy (non-hydrogen) atoms. The number of para-hydroxylation sites is 1. The number of aromatic amines is 1. The molecule has 0 aliphatic rings. The van der Waals surface area contributed by atoms with Gasteiger partial charge in [-0.2, -0.15) is 4.68 Å². The summed E-state index contributed by atoms with van der Waals surface area (Å²) in [5, 5.41) is 3.73. The molecule has 4 rings (SSSR count). The van der Waals surface area contributed by atoms with E-state index in [0.717, 1.165) is 22.3 Å². The number of nitrogens with one attached hydrogen (secondary N) is 1. The van der Waals surface area contributed by atoms with E-state index in [2.05, 4.69) is 15.1 Å². The summed E-state index contributed by atoms with van der Waals surface area (Å²) in [5.74, 6) is -1.23. The van der Waals surface area contributed by atoms with Crippen LogP contribution >= 0.6 is 11.3 Å². The lowest BCUT2D eigenvalue weighted by atomic mass is 10.1. The van der Waals surface area contributed by atoms with E-state index in [1.165, 1.54) is 48.4 Å². The van der Waals surface area contributed by atoms with E-state index in [-0.39, 0.29) is 16.7 Å². The Morgan fingerprint density at radius 2 is 1.74 bits per heavy atom. The van der Waals surface area contributed by atoms with Gasteiger partial charge in [-0.05, 0) is 43.7 Å². The van der Waals surface area contributed by atoms with Gasteiger partial charge in [0, 0.05) is 5.69 Å². The number of hydrogen-bond donors (Lipinski definition) is 1. The number of fused-ring (bicyclic) bond motifs is 1. The van der Waals surface area contributed by atoms with Crippen LogP contribution in [0.25, 0.3) is 15.3 Å². The van der Waals surface area contributed by atoms with Crippen molar-refractivity contribution in [2.75, 3.05) is 14.2 Å². The van der Waals surface area contributed by atoms with Gasteiger partial charge in [0.25, 0.3) is 5.56 Å². The Hall–Kier alpha value is -4.05. The molecule has 0 unspecified atom stereocenters. The van der Waals surface area contributed by atoms with Crippen molar-refractivity contribution in [1.29, 1.82) is 0 Å². The highest BCUT2D eigenvalue weighted by atomic mass is 32.1. The van der Waals surface area contributed by atoms with Crippen LogP contribution in [0.5, 0.6) is 0 Å². The number of aryl methyl sites for hydroxylation is 1. The minimum absolute atomic E-state index is 0.150. The quantitative estimate of drug-likeness (QED) is 0.301. The molecule has 2 heterocycles. The fraction of sp³-hybridized carbons (Fsp3) is 0.240. The lowest BCUT2D eigenvalue weighted by molar-refractivity contribution is 0.0599. The van der Waals surface area contributed by atoms with E-state index >= 15 is 0 Å². The first-order valence-corrected chi connectivity index (χ1v) is 11.7. The van der Waals surface area contributed by atoms with Gasteiger partial charge in [0.2, 0.25) is 5.13 Å². The monoisotopic (exact) mass is 492 g/mol. The number of thiazole rings is 1. The van der Waals surface area contributed by atoms with Gasteiger partial charge in [0.15, 0.2) is 0 Å². The van der Waals surface area contributed by atoms with Gasteiger partial charge >= 0.3 is 11.9 Å². The fourth-order valence-corrected chi connectivity index (χ4v) is 4.70. The van der Waals surface area contributed by atoms with E-state index < -0.39 is 11.9 Å². The number of hydrogen-bond acceptors (Lipinski definition) is 8. The molecule has 0 saturated heterocycles. The van der Waals surface area contributed by atoms with Crippen molar-refractivity contribution in [3.05, 3.63) is 75.2 Å². The fourth-order valence-electron chi connectivity index (χ4n) is 3.77. The van der Waals surface area contributed by atoms with Crippen LogP contribution in [0.4, 0.5) is 5.69 Å². The third-order valence-electron chi connectivity index (χ3n) is 5.36. The van der Waals surface area contributed by atoms with Crippen LogP contribution in [0.3, 0.4) is 0 Å². The Morgan fingerprint density at radius 1 is 1.09 bits per heavy atom. The van der Waals surface area contributed by atoms with Crippen molar-refractivity contribution >= 4 is 44.9 Å². The van der Waals surface area contributed by atoms with Gasteiger partial charge in [0.05, 0.1) is 52.5 Å². The van der Waals surface area contributed by atoms with Gasteiger partial charge in [-0.25, -0.2) is 14.6 Å². The van der Waals surface area contributed by atoms with E-state index in [1.54, 1.807) is 6.92 Å². The van der Waals surface area contributed by atoms with Crippen LogP contribution in [0.2, 0.25) is 0 Å². The molecule has 2 aromatic carbocycles. The Labute approximate surface area is 205 Å². The number of H-pyrrole nitrogens is 1. The molecule has 0 aliphatic carbocycles. The van der Waals surface area contributed by atoms with E-state index in [0.29, 0.717) is 28.5 Å². The molecule has 0 bridgehead atoms. The molecule has 4 aromatic rings. The molecule has 0 spiro atoms. The number of aliphatic imine (C=N–C) groups is 1. The Balaban J connectivity index is 1.83. The molecule has 0 fully saturated rings. The molecule has 0 amide bonds. The highest BCUT2D eigenvalue weighted by molar-refractivity contribution is 7.20. The van der Waals surface area contributed by atoms with Gasteiger partial charge < -0.3 is 9.47 Å². The van der Waals surface area contributed by atoms with E-state index in [1.807, 2.05) is 31.2 Å². The maximum atomic E-state index is 13.5. The summed E-state index contributed by atoms with van der Waals surface area (Å²) in [6.45, 7) is 3.74. The van der Waals surface area contributed by atoms with Crippen LogP contribution in [0.15, 0.2) is 52.3 Å². The molecular formula is C25H24N4O5S. The maximum Gasteiger partial charge on any atom is 0.337 e. The molecule has 0 atom stereocenters. The van der Waals surface area contributed by atoms with Crippen molar-refractivity contribution in [1.82, 2.24) is 14.8 Å². The van der Waals surface area contributed by atoms with Gasteiger partial charge in [-0.1, -0.05) is 36.8 Å². The summed E-state index contributed by atoms with van der Waals surface area (Å²) in [6.07, 6.45) is 1.44. The standard InChI is InChI=1S/C25H24N4O5S/c1-5-8-19-21(22(30)29(28-19)25-27-18-9-6-7-10-20(18)35-25)14(2)26-17-12-15(23(31)33-3)11-16(13-17)24(32)34-4/h6-7,9-13,28H,5,8H2,1-4H3. The second kappa shape index (κ2) is 10.1. The molecular weight excluding hydrogens is 468 g/mol. The lowest BCUT2D eigenvalue weighted by Crippen LogP contribution is -2.19. The van der Waals surface area contributed by atoms with Gasteiger partial charge in [0.1, 0.15) is 0 Å². The Bertz CT molecular complexity index is 1440. The Morgan fingerprint density at radius 3 is 2.34 bits per heavy atom. The second-order valence-electron chi connectivity index (χ2n) is 7.77. The zero-order chi connectivity index (χ0) is 25.1.